The number of hydrogen-bond acceptors (Lipinski definition) is 3. The number of aromatic nitrogens is 2. The Hall–Kier alpha value is -2.14. The third-order valence-electron chi connectivity index (χ3n) is 5.71. The van der Waals surface area contributed by atoms with Gasteiger partial charge in [-0.25, -0.2) is 4.98 Å². The third kappa shape index (κ3) is 3.47. The smallest absolute Gasteiger partial charge is 0.240 e. The Labute approximate surface area is 149 Å². The van der Waals surface area contributed by atoms with Crippen LogP contribution in [0.4, 0.5) is 0 Å². The second-order valence-electron chi connectivity index (χ2n) is 7.42. The Balaban J connectivity index is 1.34. The molecule has 0 bridgehead atoms. The number of fused-ring (bicyclic) bond motifs is 1. The lowest BCUT2D eigenvalue weighted by molar-refractivity contribution is -0.138. The molecule has 1 saturated heterocycles. The van der Waals surface area contributed by atoms with Crippen LogP contribution >= 0.6 is 0 Å². The minimum atomic E-state index is -0.0681. The number of imidazole rings is 1. The van der Waals surface area contributed by atoms with Gasteiger partial charge in [0.15, 0.2) is 0 Å². The Morgan fingerprint density at radius 2 is 2.00 bits per heavy atom. The topological polar surface area (TPSA) is 52.2 Å². The quantitative estimate of drug-likeness (QED) is 0.934. The second kappa shape index (κ2) is 7.00. The van der Waals surface area contributed by atoms with Crippen LogP contribution in [-0.4, -0.2) is 51.9 Å². The minimum absolute atomic E-state index is 0.0681. The van der Waals surface area contributed by atoms with Crippen LogP contribution in [0.2, 0.25) is 0 Å². The summed E-state index contributed by atoms with van der Waals surface area (Å²) in [7, 11) is 2.04. The molecule has 1 aromatic carbocycles. The van der Waals surface area contributed by atoms with Crippen LogP contribution in [0.1, 0.15) is 29.8 Å². The van der Waals surface area contributed by atoms with Crippen molar-refractivity contribution in [1.29, 1.82) is 0 Å². The van der Waals surface area contributed by atoms with Gasteiger partial charge in [-0.05, 0) is 37.8 Å². The first kappa shape index (κ1) is 16.3. The average molecular weight is 338 g/mol. The van der Waals surface area contributed by atoms with Gasteiger partial charge in [0, 0.05) is 26.1 Å². The number of nitrogens with one attached hydrogen (secondary N) is 1. The number of rotatable bonds is 3. The molecule has 0 aliphatic carbocycles. The van der Waals surface area contributed by atoms with E-state index in [0.717, 1.165) is 56.7 Å². The number of piperidine rings is 1. The van der Waals surface area contributed by atoms with E-state index in [0.29, 0.717) is 5.92 Å². The Bertz CT molecular complexity index is 718. The summed E-state index contributed by atoms with van der Waals surface area (Å²) in [6, 6.07) is 10.6. The van der Waals surface area contributed by atoms with E-state index in [4.69, 9.17) is 0 Å². The minimum Gasteiger partial charge on any atom is -0.347 e. The van der Waals surface area contributed by atoms with Gasteiger partial charge in [0.2, 0.25) is 5.91 Å². The van der Waals surface area contributed by atoms with Gasteiger partial charge in [0.1, 0.15) is 0 Å². The van der Waals surface area contributed by atoms with Crippen molar-refractivity contribution < 1.29 is 4.79 Å². The molecule has 0 unspecified atom stereocenters. The maximum absolute atomic E-state index is 13.0. The van der Waals surface area contributed by atoms with E-state index >= 15 is 0 Å². The van der Waals surface area contributed by atoms with Crippen molar-refractivity contribution in [1.82, 2.24) is 19.8 Å². The van der Waals surface area contributed by atoms with Crippen molar-refractivity contribution in [2.24, 2.45) is 5.92 Å². The predicted molar refractivity (Wildman–Crippen MR) is 97.0 cm³/mol. The third-order valence-corrected chi connectivity index (χ3v) is 5.71. The van der Waals surface area contributed by atoms with Crippen molar-refractivity contribution in [3.05, 3.63) is 53.6 Å². The molecule has 2 aliphatic rings. The summed E-state index contributed by atoms with van der Waals surface area (Å²) in [5, 5.41) is 0. The van der Waals surface area contributed by atoms with Crippen molar-refractivity contribution >= 4 is 5.91 Å². The number of H-pyrrole nitrogens is 1. The molecule has 0 spiro atoms. The number of carbonyl (C=O) groups is 1. The number of likely N-dealkylation sites (N-methyl/N-ethyl adjacent to an activating group) is 1. The van der Waals surface area contributed by atoms with Gasteiger partial charge in [-0.1, -0.05) is 30.3 Å². The standard InChI is InChI=1S/C20H26N4O/c1-23-13-18-17(21-14-22-18)12-19(23)20(25)24-9-7-16(8-10-24)11-15-5-3-2-4-6-15/h2-6,14,16,19H,7-13H2,1H3,(H,21,22)/t19-/m0/s1. The first-order valence-corrected chi connectivity index (χ1v) is 9.25. The van der Waals surface area contributed by atoms with Gasteiger partial charge >= 0.3 is 0 Å². The van der Waals surface area contributed by atoms with E-state index in [-0.39, 0.29) is 11.9 Å². The molecule has 5 heteroatoms. The van der Waals surface area contributed by atoms with Gasteiger partial charge < -0.3 is 9.88 Å². The fraction of sp³-hybridized carbons (Fsp3) is 0.500. The Morgan fingerprint density at radius 3 is 2.76 bits per heavy atom. The molecule has 0 radical (unpaired) electrons. The van der Waals surface area contributed by atoms with Crippen LogP contribution in [-0.2, 0) is 24.2 Å². The molecule has 5 nitrogen and oxygen atoms in total. The highest BCUT2D eigenvalue weighted by molar-refractivity contribution is 5.82. The summed E-state index contributed by atoms with van der Waals surface area (Å²) in [5.41, 5.74) is 3.61. The zero-order valence-corrected chi connectivity index (χ0v) is 14.8. The van der Waals surface area contributed by atoms with Crippen LogP contribution in [0, 0.1) is 5.92 Å². The van der Waals surface area contributed by atoms with E-state index in [9.17, 15) is 4.79 Å². The van der Waals surface area contributed by atoms with Crippen LogP contribution in [0.15, 0.2) is 36.7 Å². The molecule has 1 atom stereocenters. The highest BCUT2D eigenvalue weighted by Crippen LogP contribution is 2.25. The summed E-state index contributed by atoms with van der Waals surface area (Å²) in [6.07, 6.45) is 5.79. The molecule has 2 aliphatic heterocycles. The summed E-state index contributed by atoms with van der Waals surface area (Å²) in [5.74, 6) is 0.961. The molecular formula is C20H26N4O. The lowest BCUT2D eigenvalue weighted by Crippen LogP contribution is -2.52. The maximum atomic E-state index is 13.0. The van der Waals surface area contributed by atoms with Gasteiger partial charge in [0.05, 0.1) is 23.8 Å². The van der Waals surface area contributed by atoms with E-state index < -0.39 is 0 Å². The highest BCUT2D eigenvalue weighted by atomic mass is 16.2. The van der Waals surface area contributed by atoms with Crippen molar-refractivity contribution in [2.45, 2.75) is 38.3 Å². The summed E-state index contributed by atoms with van der Waals surface area (Å²) in [6.45, 7) is 2.54. The van der Waals surface area contributed by atoms with E-state index in [1.54, 1.807) is 6.33 Å². The normalized spacial score (nSPS) is 22.0. The average Bonchev–Trinajstić information content (AvgIpc) is 3.09. The van der Waals surface area contributed by atoms with Gasteiger partial charge in [-0.3, -0.25) is 9.69 Å². The number of benzene rings is 1. The van der Waals surface area contributed by atoms with E-state index in [1.807, 2.05) is 7.05 Å². The molecule has 25 heavy (non-hydrogen) atoms. The number of likely N-dealkylation sites (tertiary alicyclic amines) is 1. The zero-order valence-electron chi connectivity index (χ0n) is 14.8. The van der Waals surface area contributed by atoms with Gasteiger partial charge in [-0.15, -0.1) is 0 Å². The summed E-state index contributed by atoms with van der Waals surface area (Å²) in [4.78, 5) is 24.8. The molecule has 0 saturated carbocycles. The first-order valence-electron chi connectivity index (χ1n) is 9.25. The first-order chi connectivity index (χ1) is 12.2. The molecule has 1 N–H and O–H groups in total. The van der Waals surface area contributed by atoms with Crippen molar-refractivity contribution in [2.75, 3.05) is 20.1 Å². The molecule has 2 aromatic rings. The molecule has 4 rings (SSSR count). The van der Waals surface area contributed by atoms with Gasteiger partial charge in [-0.2, -0.15) is 0 Å². The second-order valence-corrected chi connectivity index (χ2v) is 7.42. The van der Waals surface area contributed by atoms with E-state index in [2.05, 4.69) is 50.1 Å². The Kier molecular flexibility index (Phi) is 4.57. The fourth-order valence-electron chi connectivity index (χ4n) is 4.15. The predicted octanol–water partition coefficient (Wildman–Crippen LogP) is 2.25. The maximum Gasteiger partial charge on any atom is 0.240 e. The van der Waals surface area contributed by atoms with Crippen LogP contribution in [0.3, 0.4) is 0 Å². The van der Waals surface area contributed by atoms with Crippen LogP contribution < -0.4 is 0 Å². The fourth-order valence-corrected chi connectivity index (χ4v) is 4.15. The zero-order chi connectivity index (χ0) is 17.2. The molecule has 1 aromatic heterocycles. The van der Waals surface area contributed by atoms with Crippen LogP contribution in [0.5, 0.6) is 0 Å². The Morgan fingerprint density at radius 1 is 1.24 bits per heavy atom. The number of carbonyl (C=O) groups excluding carboxylic acids is 1. The number of aromatic amines is 1. The van der Waals surface area contributed by atoms with Crippen LogP contribution in [0.25, 0.3) is 0 Å². The lowest BCUT2D eigenvalue weighted by Gasteiger charge is -2.38. The number of amides is 1. The number of nitrogens with zero attached hydrogens (tertiary/aromatic N) is 3. The summed E-state index contributed by atoms with van der Waals surface area (Å²) >= 11 is 0. The van der Waals surface area contributed by atoms with E-state index in [1.165, 1.54) is 5.56 Å². The van der Waals surface area contributed by atoms with Gasteiger partial charge in [0.25, 0.3) is 0 Å². The monoisotopic (exact) mass is 338 g/mol. The number of hydrogen-bond donors (Lipinski definition) is 1. The largest absolute Gasteiger partial charge is 0.347 e. The SMILES string of the molecule is CN1Cc2[nH]cnc2C[C@H]1C(=O)N1CCC(Cc2ccccc2)CC1. The van der Waals surface area contributed by atoms with Crippen molar-refractivity contribution in [3.63, 3.8) is 0 Å². The van der Waals surface area contributed by atoms with Crippen molar-refractivity contribution in [3.8, 4) is 0 Å². The lowest BCUT2D eigenvalue weighted by atomic mass is 9.89. The molecule has 1 fully saturated rings. The molecule has 3 heterocycles. The highest BCUT2D eigenvalue weighted by Gasteiger charge is 2.34. The molecule has 132 valence electrons. The summed E-state index contributed by atoms with van der Waals surface area (Å²) < 4.78 is 0. The molecule has 1 amide bonds. The molecular weight excluding hydrogens is 312 g/mol.